The summed E-state index contributed by atoms with van der Waals surface area (Å²) in [6.07, 6.45) is 4.49. The first-order valence-electron chi connectivity index (χ1n) is 5.58. The van der Waals surface area contributed by atoms with E-state index in [2.05, 4.69) is 24.4 Å². The van der Waals surface area contributed by atoms with Crippen LogP contribution < -0.4 is 5.73 Å². The Balaban J connectivity index is 2.30. The molecular weight excluding hydrogens is 206 g/mol. The number of hydrogen-bond acceptors (Lipinski definition) is 3. The molecule has 1 aromatic rings. The zero-order valence-electron chi connectivity index (χ0n) is 9.61. The first kappa shape index (κ1) is 12.7. The average molecular weight is 227 g/mol. The zero-order chi connectivity index (χ0) is 11.1. The molecule has 1 aromatic heterocycles. The first-order valence-corrected chi connectivity index (χ1v) is 6.46. The maximum absolute atomic E-state index is 6.11. The molecule has 0 amide bonds. The summed E-state index contributed by atoms with van der Waals surface area (Å²) < 4.78 is 5.40. The van der Waals surface area contributed by atoms with Crippen LogP contribution in [-0.2, 0) is 11.2 Å². The number of methoxy groups -OCH3 is 1. The molecule has 1 heterocycles. The Morgan fingerprint density at radius 1 is 1.47 bits per heavy atom. The quantitative estimate of drug-likeness (QED) is 0.777. The lowest BCUT2D eigenvalue weighted by atomic mass is 10.0. The van der Waals surface area contributed by atoms with Crippen LogP contribution >= 0.6 is 11.3 Å². The van der Waals surface area contributed by atoms with Crippen LogP contribution in [0.2, 0.25) is 0 Å². The number of ether oxygens (including phenoxy) is 1. The van der Waals surface area contributed by atoms with Gasteiger partial charge in [-0.3, -0.25) is 0 Å². The minimum Gasteiger partial charge on any atom is -0.380 e. The molecule has 0 aliphatic heterocycles. The van der Waals surface area contributed by atoms with Crippen LogP contribution in [-0.4, -0.2) is 19.3 Å². The summed E-state index contributed by atoms with van der Waals surface area (Å²) in [6.45, 7) is 2.16. The van der Waals surface area contributed by atoms with E-state index in [1.807, 2.05) is 0 Å². The summed E-state index contributed by atoms with van der Waals surface area (Å²) in [4.78, 5) is 1.41. The fourth-order valence-electron chi connectivity index (χ4n) is 1.74. The van der Waals surface area contributed by atoms with Crippen LogP contribution in [0.1, 0.15) is 31.1 Å². The van der Waals surface area contributed by atoms with Crippen LogP contribution in [0.25, 0.3) is 0 Å². The van der Waals surface area contributed by atoms with Gasteiger partial charge in [-0.25, -0.2) is 0 Å². The molecule has 0 saturated heterocycles. The lowest BCUT2D eigenvalue weighted by Gasteiger charge is -2.21. The molecule has 0 aliphatic rings. The average Bonchev–Trinajstić information content (AvgIpc) is 2.75. The number of hydrogen-bond donors (Lipinski definition) is 1. The standard InChI is InChI=1S/C12H21NOS/c1-3-5-12(14-2)11(13)8-7-10-6-4-9-15-10/h4,6,9,11-12H,3,5,7-8,13H2,1-2H3. The van der Waals surface area contributed by atoms with Crippen molar-refractivity contribution in [1.29, 1.82) is 0 Å². The van der Waals surface area contributed by atoms with Gasteiger partial charge >= 0.3 is 0 Å². The van der Waals surface area contributed by atoms with E-state index in [0.717, 1.165) is 25.7 Å². The lowest BCUT2D eigenvalue weighted by Crippen LogP contribution is -2.36. The second-order valence-electron chi connectivity index (χ2n) is 3.84. The summed E-state index contributed by atoms with van der Waals surface area (Å²) in [5.41, 5.74) is 6.11. The molecule has 0 spiro atoms. The molecule has 86 valence electrons. The highest BCUT2D eigenvalue weighted by Gasteiger charge is 2.15. The Morgan fingerprint density at radius 2 is 2.27 bits per heavy atom. The summed E-state index contributed by atoms with van der Waals surface area (Å²) >= 11 is 1.80. The molecule has 2 N–H and O–H groups in total. The highest BCUT2D eigenvalue weighted by atomic mass is 32.1. The summed E-state index contributed by atoms with van der Waals surface area (Å²) in [5.74, 6) is 0. The second-order valence-corrected chi connectivity index (χ2v) is 4.88. The van der Waals surface area contributed by atoms with Crippen molar-refractivity contribution < 1.29 is 4.74 Å². The molecule has 1 rings (SSSR count). The molecule has 0 aliphatic carbocycles. The molecule has 0 bridgehead atoms. The maximum Gasteiger partial charge on any atom is 0.0722 e. The van der Waals surface area contributed by atoms with Gasteiger partial charge in [-0.1, -0.05) is 19.4 Å². The van der Waals surface area contributed by atoms with Crippen LogP contribution in [0, 0.1) is 0 Å². The number of thiophene rings is 1. The molecule has 3 heteroatoms. The van der Waals surface area contributed by atoms with Crippen molar-refractivity contribution in [2.45, 2.75) is 44.8 Å². The van der Waals surface area contributed by atoms with Crippen molar-refractivity contribution in [3.63, 3.8) is 0 Å². The largest absolute Gasteiger partial charge is 0.380 e. The Bertz CT molecular complexity index is 248. The minimum absolute atomic E-state index is 0.164. The normalized spacial score (nSPS) is 15.1. The van der Waals surface area contributed by atoms with E-state index in [4.69, 9.17) is 10.5 Å². The van der Waals surface area contributed by atoms with Gasteiger partial charge in [0.05, 0.1) is 6.10 Å². The van der Waals surface area contributed by atoms with E-state index in [9.17, 15) is 0 Å². The number of nitrogens with two attached hydrogens (primary N) is 1. The predicted octanol–water partition coefficient (Wildman–Crippen LogP) is 2.82. The van der Waals surface area contributed by atoms with E-state index in [0.29, 0.717) is 0 Å². The van der Waals surface area contributed by atoms with Crippen LogP contribution in [0.3, 0.4) is 0 Å². The van der Waals surface area contributed by atoms with Crippen molar-refractivity contribution in [2.24, 2.45) is 5.73 Å². The molecule has 2 nitrogen and oxygen atoms in total. The van der Waals surface area contributed by atoms with E-state index < -0.39 is 0 Å². The van der Waals surface area contributed by atoms with E-state index >= 15 is 0 Å². The third-order valence-electron chi connectivity index (χ3n) is 2.66. The van der Waals surface area contributed by atoms with Gasteiger partial charge in [0.25, 0.3) is 0 Å². The fraction of sp³-hybridized carbons (Fsp3) is 0.667. The van der Waals surface area contributed by atoms with Crippen LogP contribution in [0.5, 0.6) is 0 Å². The summed E-state index contributed by atoms with van der Waals surface area (Å²) in [7, 11) is 1.76. The van der Waals surface area contributed by atoms with Gasteiger partial charge in [0.2, 0.25) is 0 Å². The Labute approximate surface area is 96.4 Å². The Morgan fingerprint density at radius 3 is 2.80 bits per heavy atom. The second kappa shape index (κ2) is 6.99. The third kappa shape index (κ3) is 4.33. The highest BCUT2D eigenvalue weighted by molar-refractivity contribution is 7.09. The molecule has 0 radical (unpaired) electrons. The molecule has 0 fully saturated rings. The number of aryl methyl sites for hydroxylation is 1. The lowest BCUT2D eigenvalue weighted by molar-refractivity contribution is 0.0703. The molecule has 2 atom stereocenters. The van der Waals surface area contributed by atoms with Crippen molar-refractivity contribution in [3.05, 3.63) is 22.4 Å². The maximum atomic E-state index is 6.11. The summed E-state index contributed by atoms with van der Waals surface area (Å²) in [5, 5.41) is 2.11. The van der Waals surface area contributed by atoms with E-state index in [-0.39, 0.29) is 12.1 Å². The topological polar surface area (TPSA) is 35.2 Å². The van der Waals surface area contributed by atoms with Gasteiger partial charge < -0.3 is 10.5 Å². The van der Waals surface area contributed by atoms with Gasteiger partial charge in [-0.15, -0.1) is 11.3 Å². The molecular formula is C12H21NOS. The van der Waals surface area contributed by atoms with Gasteiger partial charge in [-0.2, -0.15) is 0 Å². The smallest absolute Gasteiger partial charge is 0.0722 e. The van der Waals surface area contributed by atoms with Crippen molar-refractivity contribution in [2.75, 3.05) is 7.11 Å². The Hall–Kier alpha value is -0.380. The van der Waals surface area contributed by atoms with Crippen molar-refractivity contribution in [1.82, 2.24) is 0 Å². The van der Waals surface area contributed by atoms with Gasteiger partial charge in [-0.05, 0) is 30.7 Å². The molecule has 15 heavy (non-hydrogen) atoms. The van der Waals surface area contributed by atoms with Gasteiger partial charge in [0.1, 0.15) is 0 Å². The van der Waals surface area contributed by atoms with E-state index in [1.54, 1.807) is 18.4 Å². The monoisotopic (exact) mass is 227 g/mol. The highest BCUT2D eigenvalue weighted by Crippen LogP contribution is 2.14. The minimum atomic E-state index is 0.164. The molecule has 2 unspecified atom stereocenters. The third-order valence-corrected chi connectivity index (χ3v) is 3.59. The van der Waals surface area contributed by atoms with Crippen molar-refractivity contribution >= 4 is 11.3 Å². The Kier molecular flexibility index (Phi) is 5.91. The van der Waals surface area contributed by atoms with Crippen molar-refractivity contribution in [3.8, 4) is 0 Å². The molecule has 0 aromatic carbocycles. The first-order chi connectivity index (χ1) is 7.27. The van der Waals surface area contributed by atoms with Crippen LogP contribution in [0.4, 0.5) is 0 Å². The molecule has 0 saturated carbocycles. The van der Waals surface area contributed by atoms with Crippen LogP contribution in [0.15, 0.2) is 17.5 Å². The SMILES string of the molecule is CCCC(OC)C(N)CCc1cccs1. The van der Waals surface area contributed by atoms with Gasteiger partial charge in [0.15, 0.2) is 0 Å². The predicted molar refractivity (Wildman–Crippen MR) is 66.3 cm³/mol. The fourth-order valence-corrected chi connectivity index (χ4v) is 2.47. The zero-order valence-corrected chi connectivity index (χ0v) is 10.4. The van der Waals surface area contributed by atoms with Gasteiger partial charge in [0, 0.05) is 18.0 Å². The van der Waals surface area contributed by atoms with E-state index in [1.165, 1.54) is 4.88 Å². The number of rotatable bonds is 7. The summed E-state index contributed by atoms with van der Waals surface area (Å²) in [6, 6.07) is 4.42.